The van der Waals surface area contributed by atoms with Crippen LogP contribution in [-0.4, -0.2) is 37.7 Å². The fourth-order valence-corrected chi connectivity index (χ4v) is 1.39. The molecule has 0 aliphatic heterocycles. The third kappa shape index (κ3) is 10.6. The monoisotopic (exact) mass is 296 g/mol. The van der Waals surface area contributed by atoms with E-state index in [2.05, 4.69) is 25.7 Å². The Bertz CT molecular complexity index is 374. The normalized spacial score (nSPS) is 11.5. The number of nitriles is 1. The highest BCUT2D eigenvalue weighted by Crippen LogP contribution is 2.01. The molecule has 0 saturated heterocycles. The lowest BCUT2D eigenvalue weighted by atomic mass is 10.1. The number of amides is 1. The molecule has 0 aromatic rings. The summed E-state index contributed by atoms with van der Waals surface area (Å²) in [5, 5.41) is 11.0. The standard InChI is InChI=1S/C15H24N2O4/c1-4-5-6-14(18)17-13(15(19)21-10-8-16)11-20-9-7-12(2)3/h4,12-13H,1,5-7,9-11H2,2-3H3,(H,17,18). The number of carbonyl (C=O) groups excluding carboxylic acids is 2. The zero-order valence-corrected chi connectivity index (χ0v) is 12.8. The van der Waals surface area contributed by atoms with Gasteiger partial charge >= 0.3 is 5.97 Å². The second-order valence-electron chi connectivity index (χ2n) is 4.97. The van der Waals surface area contributed by atoms with E-state index < -0.39 is 12.0 Å². The van der Waals surface area contributed by atoms with Crippen LogP contribution in [0.15, 0.2) is 12.7 Å². The summed E-state index contributed by atoms with van der Waals surface area (Å²) in [5.41, 5.74) is 0. The molecule has 0 spiro atoms. The van der Waals surface area contributed by atoms with E-state index in [1.54, 1.807) is 12.1 Å². The van der Waals surface area contributed by atoms with Gasteiger partial charge < -0.3 is 14.8 Å². The minimum Gasteiger partial charge on any atom is -0.449 e. The van der Waals surface area contributed by atoms with E-state index in [1.165, 1.54) is 0 Å². The number of ether oxygens (including phenoxy) is 2. The van der Waals surface area contributed by atoms with E-state index in [-0.39, 0.29) is 25.5 Å². The summed E-state index contributed by atoms with van der Waals surface area (Å²) >= 11 is 0. The summed E-state index contributed by atoms with van der Waals surface area (Å²) in [6, 6.07) is 0.827. The molecule has 0 radical (unpaired) electrons. The Kier molecular flexibility index (Phi) is 10.9. The first-order chi connectivity index (χ1) is 10.0. The van der Waals surface area contributed by atoms with Gasteiger partial charge in [-0.2, -0.15) is 5.26 Å². The fraction of sp³-hybridized carbons (Fsp3) is 0.667. The van der Waals surface area contributed by atoms with Gasteiger partial charge in [-0.3, -0.25) is 4.79 Å². The molecule has 0 aliphatic carbocycles. The lowest BCUT2D eigenvalue weighted by Gasteiger charge is -2.17. The minimum absolute atomic E-state index is 0.0385. The molecule has 0 aromatic heterocycles. The molecule has 0 aliphatic rings. The first-order valence-corrected chi connectivity index (χ1v) is 7.02. The van der Waals surface area contributed by atoms with Gasteiger partial charge in [0.1, 0.15) is 6.07 Å². The third-order valence-corrected chi connectivity index (χ3v) is 2.60. The van der Waals surface area contributed by atoms with Crippen molar-refractivity contribution in [1.82, 2.24) is 5.32 Å². The van der Waals surface area contributed by atoms with Gasteiger partial charge in [0, 0.05) is 13.0 Å². The van der Waals surface area contributed by atoms with Crippen LogP contribution < -0.4 is 5.32 Å². The number of nitrogens with one attached hydrogen (secondary N) is 1. The quantitative estimate of drug-likeness (QED) is 0.355. The fourth-order valence-electron chi connectivity index (χ4n) is 1.39. The van der Waals surface area contributed by atoms with Crippen LogP contribution in [-0.2, 0) is 19.1 Å². The van der Waals surface area contributed by atoms with Crippen molar-refractivity contribution in [3.8, 4) is 6.07 Å². The van der Waals surface area contributed by atoms with E-state index in [0.717, 1.165) is 6.42 Å². The van der Waals surface area contributed by atoms with Crippen LogP contribution in [0, 0.1) is 17.2 Å². The van der Waals surface area contributed by atoms with Gasteiger partial charge in [-0.05, 0) is 18.8 Å². The summed E-state index contributed by atoms with van der Waals surface area (Å²) in [6.45, 7) is 7.87. The summed E-state index contributed by atoms with van der Waals surface area (Å²) in [7, 11) is 0. The van der Waals surface area contributed by atoms with Crippen molar-refractivity contribution in [2.24, 2.45) is 5.92 Å². The van der Waals surface area contributed by atoms with Crippen molar-refractivity contribution < 1.29 is 19.1 Å². The van der Waals surface area contributed by atoms with Crippen LogP contribution in [0.5, 0.6) is 0 Å². The van der Waals surface area contributed by atoms with Gasteiger partial charge in [-0.1, -0.05) is 19.9 Å². The van der Waals surface area contributed by atoms with Crippen LogP contribution in [0.1, 0.15) is 33.1 Å². The van der Waals surface area contributed by atoms with Crippen molar-refractivity contribution in [1.29, 1.82) is 5.26 Å². The van der Waals surface area contributed by atoms with Crippen molar-refractivity contribution >= 4 is 11.9 Å². The number of hydrogen-bond donors (Lipinski definition) is 1. The summed E-state index contributed by atoms with van der Waals surface area (Å²) in [5.74, 6) is -0.439. The molecule has 0 saturated carbocycles. The Morgan fingerprint density at radius 3 is 2.71 bits per heavy atom. The molecule has 0 rings (SSSR count). The largest absolute Gasteiger partial charge is 0.449 e. The Morgan fingerprint density at radius 2 is 2.14 bits per heavy atom. The lowest BCUT2D eigenvalue weighted by molar-refractivity contribution is -0.148. The molecule has 1 N–H and O–H groups in total. The number of rotatable bonds is 11. The second-order valence-corrected chi connectivity index (χ2v) is 4.97. The SMILES string of the molecule is C=CCCC(=O)NC(COCCC(C)C)C(=O)OCC#N. The maximum Gasteiger partial charge on any atom is 0.332 e. The molecule has 0 bridgehead atoms. The predicted molar refractivity (Wildman–Crippen MR) is 78.2 cm³/mol. The molecular weight excluding hydrogens is 272 g/mol. The van der Waals surface area contributed by atoms with Crippen molar-refractivity contribution in [3.05, 3.63) is 12.7 Å². The molecular formula is C15H24N2O4. The van der Waals surface area contributed by atoms with Gasteiger partial charge in [0.05, 0.1) is 6.61 Å². The molecule has 0 heterocycles. The van der Waals surface area contributed by atoms with Crippen LogP contribution in [0.25, 0.3) is 0 Å². The van der Waals surface area contributed by atoms with Crippen LogP contribution >= 0.6 is 0 Å². The third-order valence-electron chi connectivity index (χ3n) is 2.60. The number of esters is 1. The topological polar surface area (TPSA) is 88.4 Å². The van der Waals surface area contributed by atoms with Crippen LogP contribution in [0.4, 0.5) is 0 Å². The zero-order valence-electron chi connectivity index (χ0n) is 12.8. The summed E-state index contributed by atoms with van der Waals surface area (Å²) < 4.78 is 10.1. The van der Waals surface area contributed by atoms with Gasteiger partial charge in [-0.15, -0.1) is 6.58 Å². The second kappa shape index (κ2) is 11.9. The van der Waals surface area contributed by atoms with Crippen molar-refractivity contribution in [3.63, 3.8) is 0 Å². The predicted octanol–water partition coefficient (Wildman–Crippen LogP) is 1.57. The van der Waals surface area contributed by atoms with E-state index in [1.807, 2.05) is 0 Å². The van der Waals surface area contributed by atoms with Crippen LogP contribution in [0.2, 0.25) is 0 Å². The molecule has 1 unspecified atom stereocenters. The Balaban J connectivity index is 4.32. The molecule has 1 atom stereocenters. The van der Waals surface area contributed by atoms with Crippen molar-refractivity contribution in [2.45, 2.75) is 39.2 Å². The highest BCUT2D eigenvalue weighted by molar-refractivity contribution is 5.84. The van der Waals surface area contributed by atoms with Crippen molar-refractivity contribution in [2.75, 3.05) is 19.8 Å². The number of allylic oxidation sites excluding steroid dienone is 1. The zero-order chi connectivity index (χ0) is 16.1. The molecule has 118 valence electrons. The molecule has 0 fully saturated rings. The maximum absolute atomic E-state index is 11.8. The first kappa shape index (κ1) is 19.1. The molecule has 21 heavy (non-hydrogen) atoms. The summed E-state index contributed by atoms with van der Waals surface area (Å²) in [6.07, 6.45) is 3.27. The number of carbonyl (C=O) groups is 2. The number of hydrogen-bond acceptors (Lipinski definition) is 5. The highest BCUT2D eigenvalue weighted by Gasteiger charge is 2.22. The molecule has 6 heteroatoms. The van der Waals surface area contributed by atoms with Crippen LogP contribution in [0.3, 0.4) is 0 Å². The van der Waals surface area contributed by atoms with Gasteiger partial charge in [-0.25, -0.2) is 4.79 Å². The van der Waals surface area contributed by atoms with Gasteiger partial charge in [0.25, 0.3) is 0 Å². The Morgan fingerprint density at radius 1 is 1.43 bits per heavy atom. The number of nitrogens with zero attached hydrogens (tertiary/aromatic N) is 1. The first-order valence-electron chi connectivity index (χ1n) is 7.02. The molecule has 0 aromatic carbocycles. The maximum atomic E-state index is 11.8. The minimum atomic E-state index is -0.886. The highest BCUT2D eigenvalue weighted by atomic mass is 16.5. The molecule has 1 amide bonds. The Labute approximate surface area is 126 Å². The van der Waals surface area contributed by atoms with E-state index in [9.17, 15) is 9.59 Å². The molecule has 6 nitrogen and oxygen atoms in total. The summed E-state index contributed by atoms with van der Waals surface area (Å²) in [4.78, 5) is 23.4. The van der Waals surface area contributed by atoms with E-state index in [0.29, 0.717) is 18.9 Å². The van der Waals surface area contributed by atoms with Gasteiger partial charge in [0.15, 0.2) is 12.6 Å². The van der Waals surface area contributed by atoms with E-state index in [4.69, 9.17) is 14.7 Å². The Hall–Kier alpha value is -1.87. The average molecular weight is 296 g/mol. The average Bonchev–Trinajstić information content (AvgIpc) is 2.45. The van der Waals surface area contributed by atoms with Gasteiger partial charge in [0.2, 0.25) is 5.91 Å². The lowest BCUT2D eigenvalue weighted by Crippen LogP contribution is -2.45. The smallest absolute Gasteiger partial charge is 0.332 e. The van der Waals surface area contributed by atoms with E-state index >= 15 is 0 Å².